The molecule has 0 aliphatic carbocycles. The van der Waals surface area contributed by atoms with E-state index in [1.165, 1.54) is 12.3 Å². The number of quaternary nitrogens is 1. The monoisotopic (exact) mass is 162 g/mol. The van der Waals surface area contributed by atoms with E-state index < -0.39 is 0 Å². The van der Waals surface area contributed by atoms with Crippen molar-refractivity contribution in [1.29, 1.82) is 0 Å². The summed E-state index contributed by atoms with van der Waals surface area (Å²) in [5.74, 6) is 1.26. The van der Waals surface area contributed by atoms with Crippen LogP contribution >= 0.6 is 11.8 Å². The molecular weight excluding hydrogens is 142 g/mol. The third kappa shape index (κ3) is 2.93. The van der Waals surface area contributed by atoms with E-state index >= 15 is 0 Å². The Morgan fingerprint density at radius 1 is 1.40 bits per heavy atom. The number of nitrogens with zero attached hydrogens (tertiary/aromatic N) is 1. The zero-order chi connectivity index (χ0) is 8.20. The van der Waals surface area contributed by atoms with E-state index in [1.807, 2.05) is 11.8 Å². The lowest BCUT2D eigenvalue weighted by molar-refractivity contribution is -0.908. The highest BCUT2D eigenvalue weighted by Gasteiger charge is 2.20. The first-order valence-electron chi connectivity index (χ1n) is 3.86. The van der Waals surface area contributed by atoms with Gasteiger partial charge in [-0.05, 0) is 20.1 Å². The van der Waals surface area contributed by atoms with Crippen LogP contribution in [0, 0.1) is 0 Å². The van der Waals surface area contributed by atoms with Gasteiger partial charge in [0.1, 0.15) is 0 Å². The predicted molar refractivity (Wildman–Crippen MR) is 50.5 cm³/mol. The quantitative estimate of drug-likeness (QED) is 0.568. The van der Waals surface area contributed by atoms with Gasteiger partial charge >= 0.3 is 0 Å². The lowest BCUT2D eigenvalue weighted by atomic mass is 10.3. The standard InChI is InChI=1S/C8H20NS/c1-6-9(3,4)8(2)7-10-5/h8H,6-7H2,1-5H3/q+1. The predicted octanol–water partition coefficient (Wildman–Crippen LogP) is 1.83. The molecule has 0 aromatic heterocycles. The molecule has 2 heteroatoms. The van der Waals surface area contributed by atoms with Crippen LogP contribution in [0.25, 0.3) is 0 Å². The van der Waals surface area contributed by atoms with Crippen LogP contribution in [0.5, 0.6) is 0 Å². The molecule has 62 valence electrons. The molecule has 10 heavy (non-hydrogen) atoms. The summed E-state index contributed by atoms with van der Waals surface area (Å²) in [5.41, 5.74) is 0. The molecule has 0 spiro atoms. The summed E-state index contributed by atoms with van der Waals surface area (Å²) in [6, 6.07) is 0.778. The molecule has 0 aliphatic rings. The Morgan fingerprint density at radius 3 is 2.20 bits per heavy atom. The van der Waals surface area contributed by atoms with E-state index in [1.54, 1.807) is 0 Å². The lowest BCUT2D eigenvalue weighted by Crippen LogP contribution is -2.48. The van der Waals surface area contributed by atoms with Crippen molar-refractivity contribution in [3.63, 3.8) is 0 Å². The molecule has 0 aliphatic heterocycles. The SMILES string of the molecule is CC[N+](C)(C)C(C)CSC. The van der Waals surface area contributed by atoms with Gasteiger partial charge in [0.2, 0.25) is 0 Å². The van der Waals surface area contributed by atoms with Crippen LogP contribution in [0.3, 0.4) is 0 Å². The minimum absolute atomic E-state index is 0.778. The van der Waals surface area contributed by atoms with Crippen molar-refractivity contribution in [2.45, 2.75) is 19.9 Å². The Bertz CT molecular complexity index is 91.3. The van der Waals surface area contributed by atoms with Gasteiger partial charge in [-0.2, -0.15) is 11.8 Å². The molecule has 1 unspecified atom stereocenters. The van der Waals surface area contributed by atoms with Crippen molar-refractivity contribution in [2.75, 3.05) is 32.6 Å². The zero-order valence-corrected chi connectivity index (χ0v) is 8.66. The summed E-state index contributed by atoms with van der Waals surface area (Å²) in [6.45, 7) is 5.79. The average Bonchev–Trinajstić information content (AvgIpc) is 1.89. The van der Waals surface area contributed by atoms with E-state index in [-0.39, 0.29) is 0 Å². The fourth-order valence-electron chi connectivity index (χ4n) is 0.755. The van der Waals surface area contributed by atoms with Gasteiger partial charge in [0, 0.05) is 5.75 Å². The van der Waals surface area contributed by atoms with Crippen molar-refractivity contribution in [3.05, 3.63) is 0 Å². The molecule has 0 radical (unpaired) electrons. The normalized spacial score (nSPS) is 15.3. The molecule has 0 N–H and O–H groups in total. The van der Waals surface area contributed by atoms with Gasteiger partial charge < -0.3 is 4.48 Å². The molecule has 0 aromatic carbocycles. The second kappa shape index (κ2) is 4.24. The van der Waals surface area contributed by atoms with E-state index in [0.717, 1.165) is 10.5 Å². The minimum atomic E-state index is 0.778. The second-order valence-corrected chi connectivity index (χ2v) is 4.31. The fourth-order valence-corrected chi connectivity index (χ4v) is 1.64. The van der Waals surface area contributed by atoms with Gasteiger partial charge in [0.05, 0.1) is 26.7 Å². The van der Waals surface area contributed by atoms with Gasteiger partial charge in [-0.1, -0.05) is 0 Å². The molecule has 0 fully saturated rings. The summed E-state index contributed by atoms with van der Waals surface area (Å²) < 4.78 is 1.14. The van der Waals surface area contributed by atoms with Crippen molar-refractivity contribution in [1.82, 2.24) is 0 Å². The van der Waals surface area contributed by atoms with Gasteiger partial charge in [-0.25, -0.2) is 0 Å². The first kappa shape index (κ1) is 10.3. The molecule has 1 atom stereocenters. The summed E-state index contributed by atoms with van der Waals surface area (Å²) in [6.07, 6.45) is 2.17. The number of rotatable bonds is 4. The van der Waals surface area contributed by atoms with Gasteiger partial charge in [-0.3, -0.25) is 0 Å². The highest BCUT2D eigenvalue weighted by atomic mass is 32.2. The maximum Gasteiger partial charge on any atom is 0.0949 e. The molecule has 0 bridgehead atoms. The number of thioether (sulfide) groups is 1. The second-order valence-electron chi connectivity index (χ2n) is 3.40. The molecule has 0 heterocycles. The third-order valence-electron chi connectivity index (χ3n) is 2.42. The molecule has 0 saturated carbocycles. The van der Waals surface area contributed by atoms with E-state index in [4.69, 9.17) is 0 Å². The third-order valence-corrected chi connectivity index (χ3v) is 3.23. The van der Waals surface area contributed by atoms with Gasteiger partial charge in [-0.15, -0.1) is 0 Å². The number of hydrogen-bond donors (Lipinski definition) is 0. The number of hydrogen-bond acceptors (Lipinski definition) is 1. The van der Waals surface area contributed by atoms with Crippen molar-refractivity contribution in [3.8, 4) is 0 Å². The van der Waals surface area contributed by atoms with E-state index in [2.05, 4.69) is 34.2 Å². The first-order chi connectivity index (χ1) is 4.54. The zero-order valence-electron chi connectivity index (χ0n) is 7.85. The molecule has 0 amide bonds. The Morgan fingerprint density at radius 2 is 1.90 bits per heavy atom. The molecular formula is C8H20NS+. The summed E-state index contributed by atoms with van der Waals surface area (Å²) >= 11 is 1.94. The summed E-state index contributed by atoms with van der Waals surface area (Å²) in [7, 11) is 4.59. The van der Waals surface area contributed by atoms with Gasteiger partial charge in [0.25, 0.3) is 0 Å². The van der Waals surface area contributed by atoms with Crippen LogP contribution in [0.2, 0.25) is 0 Å². The van der Waals surface area contributed by atoms with Crippen LogP contribution in [0.15, 0.2) is 0 Å². The van der Waals surface area contributed by atoms with Gasteiger partial charge in [0.15, 0.2) is 0 Å². The Kier molecular flexibility index (Phi) is 4.37. The average molecular weight is 162 g/mol. The topological polar surface area (TPSA) is 0 Å². The van der Waals surface area contributed by atoms with Crippen LogP contribution in [-0.2, 0) is 0 Å². The van der Waals surface area contributed by atoms with Crippen LogP contribution in [0.4, 0.5) is 0 Å². The maximum atomic E-state index is 2.32. The Labute approximate surface area is 69.4 Å². The van der Waals surface area contributed by atoms with E-state index in [0.29, 0.717) is 0 Å². The Hall–Kier alpha value is 0.310. The molecule has 1 nitrogen and oxygen atoms in total. The molecule has 0 saturated heterocycles. The lowest BCUT2D eigenvalue weighted by Gasteiger charge is -2.34. The summed E-state index contributed by atoms with van der Waals surface area (Å²) in [4.78, 5) is 0. The first-order valence-corrected chi connectivity index (χ1v) is 5.25. The van der Waals surface area contributed by atoms with Crippen LogP contribution in [-0.4, -0.2) is 43.2 Å². The van der Waals surface area contributed by atoms with Crippen molar-refractivity contribution >= 4 is 11.8 Å². The van der Waals surface area contributed by atoms with Crippen LogP contribution < -0.4 is 0 Å². The van der Waals surface area contributed by atoms with Crippen molar-refractivity contribution < 1.29 is 4.48 Å². The maximum absolute atomic E-state index is 2.32. The molecule has 0 rings (SSSR count). The highest BCUT2D eigenvalue weighted by Crippen LogP contribution is 2.09. The molecule has 0 aromatic rings. The Balaban J connectivity index is 3.78. The fraction of sp³-hybridized carbons (Fsp3) is 1.00. The minimum Gasteiger partial charge on any atom is -0.326 e. The largest absolute Gasteiger partial charge is 0.326 e. The van der Waals surface area contributed by atoms with Crippen LogP contribution in [0.1, 0.15) is 13.8 Å². The van der Waals surface area contributed by atoms with Crippen molar-refractivity contribution in [2.24, 2.45) is 0 Å². The highest BCUT2D eigenvalue weighted by molar-refractivity contribution is 7.98. The van der Waals surface area contributed by atoms with E-state index in [9.17, 15) is 0 Å². The summed E-state index contributed by atoms with van der Waals surface area (Å²) in [5, 5.41) is 0. The smallest absolute Gasteiger partial charge is 0.0949 e.